The van der Waals surface area contributed by atoms with Crippen molar-refractivity contribution < 1.29 is 13.2 Å². The van der Waals surface area contributed by atoms with Crippen LogP contribution in [0.4, 0.5) is 0 Å². The second-order valence-electron chi connectivity index (χ2n) is 5.18. The fraction of sp³-hybridized carbons (Fsp3) is 0.294. The number of hydrogen-bond acceptors (Lipinski definition) is 4. The lowest BCUT2D eigenvalue weighted by atomic mass is 10.2. The van der Waals surface area contributed by atoms with E-state index in [1.54, 1.807) is 24.5 Å². The third kappa shape index (κ3) is 4.24. The summed E-state index contributed by atoms with van der Waals surface area (Å²) in [5.74, 6) is -0.0843. The Morgan fingerprint density at radius 2 is 1.70 bits per heavy atom. The van der Waals surface area contributed by atoms with Gasteiger partial charge < -0.3 is 0 Å². The summed E-state index contributed by atoms with van der Waals surface area (Å²) < 4.78 is 26.8. The van der Waals surface area contributed by atoms with E-state index in [1.165, 1.54) is 23.4 Å². The normalized spacial score (nSPS) is 11.6. The number of sulfonamides is 1. The average Bonchev–Trinajstić information content (AvgIpc) is 2.56. The molecule has 0 bridgehead atoms. The summed E-state index contributed by atoms with van der Waals surface area (Å²) in [6, 6.07) is 9.82. The first-order chi connectivity index (χ1) is 10.9. The molecule has 2 rings (SSSR count). The summed E-state index contributed by atoms with van der Waals surface area (Å²) in [4.78, 5) is 15.5. The SMILES string of the molecule is CCN(CCc1ccncc1)S(=O)(=O)c1ccc(C(C)=O)cc1. The summed E-state index contributed by atoms with van der Waals surface area (Å²) in [6.07, 6.45) is 4.02. The lowest BCUT2D eigenvalue weighted by molar-refractivity contribution is 0.101. The predicted molar refractivity (Wildman–Crippen MR) is 88.8 cm³/mol. The van der Waals surface area contributed by atoms with Crippen LogP contribution in [0.15, 0.2) is 53.7 Å². The highest BCUT2D eigenvalue weighted by molar-refractivity contribution is 7.89. The predicted octanol–water partition coefficient (Wildman–Crippen LogP) is 2.54. The van der Waals surface area contributed by atoms with Gasteiger partial charge in [0.2, 0.25) is 10.0 Å². The zero-order valence-electron chi connectivity index (χ0n) is 13.3. The third-order valence-corrected chi connectivity index (χ3v) is 5.64. The number of ketones is 1. The van der Waals surface area contributed by atoms with Gasteiger partial charge in [0.05, 0.1) is 4.90 Å². The van der Waals surface area contributed by atoms with Crippen molar-refractivity contribution in [2.75, 3.05) is 13.1 Å². The van der Waals surface area contributed by atoms with E-state index in [0.29, 0.717) is 25.1 Å². The number of nitrogens with zero attached hydrogens (tertiary/aromatic N) is 2. The number of Topliss-reactive ketones (excluding diaryl/α,β-unsaturated/α-hetero) is 1. The summed E-state index contributed by atoms with van der Waals surface area (Å²) >= 11 is 0. The highest BCUT2D eigenvalue weighted by Gasteiger charge is 2.22. The Morgan fingerprint density at radius 3 is 2.22 bits per heavy atom. The minimum Gasteiger partial charge on any atom is -0.295 e. The van der Waals surface area contributed by atoms with Gasteiger partial charge >= 0.3 is 0 Å². The van der Waals surface area contributed by atoms with Crippen LogP contribution in [0.1, 0.15) is 29.8 Å². The van der Waals surface area contributed by atoms with Crippen LogP contribution in [-0.2, 0) is 16.4 Å². The second kappa shape index (κ2) is 7.48. The zero-order chi connectivity index (χ0) is 16.9. The zero-order valence-corrected chi connectivity index (χ0v) is 14.1. The lowest BCUT2D eigenvalue weighted by Crippen LogP contribution is -2.32. The molecule has 0 radical (unpaired) electrons. The van der Waals surface area contributed by atoms with Crippen molar-refractivity contribution in [2.24, 2.45) is 0 Å². The molecule has 0 aliphatic heterocycles. The van der Waals surface area contributed by atoms with Gasteiger partial charge in [0.25, 0.3) is 0 Å². The van der Waals surface area contributed by atoms with Gasteiger partial charge in [0, 0.05) is 31.0 Å². The smallest absolute Gasteiger partial charge is 0.243 e. The Bertz CT molecular complexity index is 756. The van der Waals surface area contributed by atoms with Gasteiger partial charge in [0.15, 0.2) is 5.78 Å². The van der Waals surface area contributed by atoms with Crippen LogP contribution in [0.25, 0.3) is 0 Å². The highest BCUT2D eigenvalue weighted by Crippen LogP contribution is 2.17. The minimum absolute atomic E-state index is 0.0843. The van der Waals surface area contributed by atoms with Crippen LogP contribution in [0.3, 0.4) is 0 Å². The van der Waals surface area contributed by atoms with Crippen molar-refractivity contribution in [3.8, 4) is 0 Å². The number of likely N-dealkylation sites (N-methyl/N-ethyl adjacent to an activating group) is 1. The quantitative estimate of drug-likeness (QED) is 0.731. The molecule has 6 heteroatoms. The number of carbonyl (C=O) groups is 1. The van der Waals surface area contributed by atoms with Crippen molar-refractivity contribution >= 4 is 15.8 Å². The number of pyridine rings is 1. The maximum atomic E-state index is 12.7. The Kier molecular flexibility index (Phi) is 5.63. The fourth-order valence-corrected chi connectivity index (χ4v) is 3.71. The van der Waals surface area contributed by atoms with Gasteiger partial charge in [-0.05, 0) is 43.2 Å². The first-order valence-electron chi connectivity index (χ1n) is 7.45. The molecular formula is C17H20N2O3S. The van der Waals surface area contributed by atoms with Gasteiger partial charge in [-0.25, -0.2) is 8.42 Å². The maximum absolute atomic E-state index is 12.7. The Morgan fingerprint density at radius 1 is 1.09 bits per heavy atom. The largest absolute Gasteiger partial charge is 0.295 e. The number of hydrogen-bond donors (Lipinski definition) is 0. The number of carbonyl (C=O) groups excluding carboxylic acids is 1. The molecule has 0 atom stereocenters. The molecule has 0 amide bonds. The lowest BCUT2D eigenvalue weighted by Gasteiger charge is -2.20. The first kappa shape index (κ1) is 17.3. The second-order valence-corrected chi connectivity index (χ2v) is 7.12. The molecule has 122 valence electrons. The molecule has 0 unspecified atom stereocenters. The van der Waals surface area contributed by atoms with Crippen LogP contribution in [-0.4, -0.2) is 36.6 Å². The van der Waals surface area contributed by atoms with E-state index in [1.807, 2.05) is 19.1 Å². The Balaban J connectivity index is 2.16. The van der Waals surface area contributed by atoms with Crippen LogP contribution in [0.2, 0.25) is 0 Å². The molecular weight excluding hydrogens is 312 g/mol. The molecule has 23 heavy (non-hydrogen) atoms. The molecule has 5 nitrogen and oxygen atoms in total. The maximum Gasteiger partial charge on any atom is 0.243 e. The fourth-order valence-electron chi connectivity index (χ4n) is 2.26. The van der Waals surface area contributed by atoms with E-state index in [9.17, 15) is 13.2 Å². The van der Waals surface area contributed by atoms with Gasteiger partial charge in [-0.15, -0.1) is 0 Å². The molecule has 2 aromatic rings. The molecule has 1 heterocycles. The van der Waals surface area contributed by atoms with Gasteiger partial charge in [0.1, 0.15) is 0 Å². The van der Waals surface area contributed by atoms with E-state index in [-0.39, 0.29) is 10.7 Å². The van der Waals surface area contributed by atoms with E-state index in [2.05, 4.69) is 4.98 Å². The molecule has 0 aliphatic rings. The molecule has 0 fully saturated rings. The van der Waals surface area contributed by atoms with Crippen molar-refractivity contribution in [2.45, 2.75) is 25.2 Å². The summed E-state index contributed by atoms with van der Waals surface area (Å²) in [5, 5.41) is 0. The van der Waals surface area contributed by atoms with Gasteiger partial charge in [-0.3, -0.25) is 9.78 Å². The van der Waals surface area contributed by atoms with Crippen molar-refractivity contribution in [1.29, 1.82) is 0 Å². The standard InChI is InChI=1S/C17H20N2O3S/c1-3-19(13-10-15-8-11-18-12-9-15)23(21,22)17-6-4-16(5-7-17)14(2)20/h4-9,11-12H,3,10,13H2,1-2H3. The van der Waals surface area contributed by atoms with Crippen LogP contribution in [0.5, 0.6) is 0 Å². The number of aromatic nitrogens is 1. The summed E-state index contributed by atoms with van der Waals surface area (Å²) in [6.45, 7) is 4.06. The van der Waals surface area contributed by atoms with Crippen molar-refractivity contribution in [3.63, 3.8) is 0 Å². The molecule has 0 spiro atoms. The third-order valence-electron chi connectivity index (χ3n) is 3.65. The topological polar surface area (TPSA) is 67.3 Å². The molecule has 0 N–H and O–H groups in total. The Hall–Kier alpha value is -2.05. The van der Waals surface area contributed by atoms with E-state index in [4.69, 9.17) is 0 Å². The monoisotopic (exact) mass is 332 g/mol. The summed E-state index contributed by atoms with van der Waals surface area (Å²) in [5.41, 5.74) is 1.55. The van der Waals surface area contributed by atoms with Crippen LogP contribution < -0.4 is 0 Å². The van der Waals surface area contributed by atoms with E-state index >= 15 is 0 Å². The summed E-state index contributed by atoms with van der Waals surface area (Å²) in [7, 11) is -3.56. The Labute approximate surface area is 137 Å². The highest BCUT2D eigenvalue weighted by atomic mass is 32.2. The van der Waals surface area contributed by atoms with Crippen molar-refractivity contribution in [1.82, 2.24) is 9.29 Å². The van der Waals surface area contributed by atoms with E-state index < -0.39 is 10.0 Å². The van der Waals surface area contributed by atoms with Gasteiger partial charge in [-0.2, -0.15) is 4.31 Å². The van der Waals surface area contributed by atoms with E-state index in [0.717, 1.165) is 5.56 Å². The number of benzene rings is 1. The van der Waals surface area contributed by atoms with Crippen molar-refractivity contribution in [3.05, 3.63) is 59.9 Å². The molecule has 1 aromatic carbocycles. The molecule has 0 saturated heterocycles. The van der Waals surface area contributed by atoms with Gasteiger partial charge in [-0.1, -0.05) is 19.1 Å². The average molecular weight is 332 g/mol. The first-order valence-corrected chi connectivity index (χ1v) is 8.89. The molecule has 0 saturated carbocycles. The van der Waals surface area contributed by atoms with Crippen LogP contribution >= 0.6 is 0 Å². The van der Waals surface area contributed by atoms with Crippen LogP contribution in [0, 0.1) is 0 Å². The number of rotatable bonds is 7. The molecule has 0 aliphatic carbocycles. The molecule has 1 aromatic heterocycles. The minimum atomic E-state index is -3.56.